The molecular formula is C13H19N3O13. The second-order valence-corrected chi connectivity index (χ2v) is 6.10. The number of aliphatic hydroxyl groups excluding tert-OH is 1. The van der Waals surface area contributed by atoms with E-state index in [0.29, 0.717) is 0 Å². The van der Waals surface area contributed by atoms with Gasteiger partial charge in [0.1, 0.15) is 12.3 Å². The lowest BCUT2D eigenvalue weighted by molar-refractivity contribution is -0.482. The molecule has 2 heterocycles. The molecule has 0 aromatic carbocycles. The van der Waals surface area contributed by atoms with E-state index in [0.717, 1.165) is 4.57 Å². The largest absolute Gasteiger partial charge is 0.430 e. The fraction of sp³-hybridized carbons (Fsp3) is 0.615. The minimum atomic E-state index is -4.59. The van der Waals surface area contributed by atoms with Crippen LogP contribution < -0.4 is 11.2 Å². The molecule has 1 aliphatic heterocycles. The minimum Gasteiger partial charge on any atom is -0.430 e. The maximum atomic E-state index is 11.9. The first-order chi connectivity index (χ1) is 13.2. The molecule has 0 amide bonds. The molecule has 1 saturated heterocycles. The SMILES string of the molecule is O=C(OC(O)C1CCC(n2ccc(NO)nc2=O)O1)C(O)(C(O)(O)O)C(O)(O)O. The molecule has 0 spiro atoms. The van der Waals surface area contributed by atoms with Gasteiger partial charge in [-0.3, -0.25) is 15.3 Å². The Hall–Kier alpha value is -2.25. The third-order valence-corrected chi connectivity index (χ3v) is 4.10. The van der Waals surface area contributed by atoms with Gasteiger partial charge in [0.25, 0.3) is 0 Å². The molecule has 10 N–H and O–H groups in total. The molecule has 1 fully saturated rings. The number of aliphatic hydroxyl groups is 8. The van der Waals surface area contributed by atoms with Gasteiger partial charge in [-0.05, 0) is 18.9 Å². The van der Waals surface area contributed by atoms with Crippen LogP contribution in [0.1, 0.15) is 19.1 Å². The Morgan fingerprint density at radius 3 is 2.28 bits per heavy atom. The second-order valence-electron chi connectivity index (χ2n) is 6.10. The Morgan fingerprint density at radius 1 is 1.21 bits per heavy atom. The zero-order chi connectivity index (χ0) is 22.2. The number of hydrogen-bond donors (Lipinski definition) is 10. The van der Waals surface area contributed by atoms with Crippen molar-refractivity contribution in [2.24, 2.45) is 0 Å². The van der Waals surface area contributed by atoms with Crippen LogP contribution in [-0.4, -0.2) is 91.5 Å². The average molecular weight is 425 g/mol. The number of carbonyl (C=O) groups is 1. The molecule has 0 saturated carbocycles. The maximum absolute atomic E-state index is 11.9. The van der Waals surface area contributed by atoms with Gasteiger partial charge in [0.2, 0.25) is 6.29 Å². The molecule has 2 rings (SSSR count). The smallest absolute Gasteiger partial charge is 0.358 e. The zero-order valence-electron chi connectivity index (χ0n) is 14.4. The average Bonchev–Trinajstić information content (AvgIpc) is 3.08. The summed E-state index contributed by atoms with van der Waals surface area (Å²) in [4.78, 5) is 27.2. The van der Waals surface area contributed by atoms with Crippen LogP contribution in [0.15, 0.2) is 17.1 Å². The number of hydrogen-bond acceptors (Lipinski definition) is 15. The van der Waals surface area contributed by atoms with Crippen LogP contribution in [0.5, 0.6) is 0 Å². The highest BCUT2D eigenvalue weighted by molar-refractivity contribution is 5.81. The van der Waals surface area contributed by atoms with E-state index in [4.69, 9.17) is 40.6 Å². The fourth-order valence-corrected chi connectivity index (χ4v) is 2.52. The lowest BCUT2D eigenvalue weighted by Gasteiger charge is -2.38. The Labute approximate surface area is 160 Å². The summed E-state index contributed by atoms with van der Waals surface area (Å²) >= 11 is 0. The van der Waals surface area contributed by atoms with Crippen molar-refractivity contribution in [2.45, 2.75) is 49.0 Å². The normalized spacial score (nSPS) is 21.7. The van der Waals surface area contributed by atoms with Crippen LogP contribution in [0.2, 0.25) is 0 Å². The minimum absolute atomic E-state index is 0.0466. The standard InChI is InChI=1S/C13H19N3O13/c17-8(29-9(18)11(20,12(21,22)23)13(24,25)26)5-1-2-7(28-5)16-4-3-6(15-27)14-10(16)19/h3-5,7-8,17,20-27H,1-2H2,(H,14,15,19). The second kappa shape index (κ2) is 7.88. The summed E-state index contributed by atoms with van der Waals surface area (Å²) in [7, 11) is 0. The first-order valence-electron chi connectivity index (χ1n) is 7.83. The van der Waals surface area contributed by atoms with Gasteiger partial charge in [0.15, 0.2) is 5.82 Å². The summed E-state index contributed by atoms with van der Waals surface area (Å²) in [6.07, 6.45) is -3.38. The van der Waals surface area contributed by atoms with Crippen LogP contribution in [0.3, 0.4) is 0 Å². The van der Waals surface area contributed by atoms with Crippen molar-refractivity contribution >= 4 is 11.8 Å². The highest BCUT2D eigenvalue weighted by Gasteiger charge is 2.69. The quantitative estimate of drug-likeness (QED) is 0.111. The first-order valence-corrected chi connectivity index (χ1v) is 7.83. The topological polar surface area (TPSA) is 265 Å². The van der Waals surface area contributed by atoms with Crippen molar-refractivity contribution in [3.8, 4) is 0 Å². The maximum Gasteiger partial charge on any atom is 0.358 e. The first kappa shape index (κ1) is 23.0. The van der Waals surface area contributed by atoms with E-state index in [-0.39, 0.29) is 18.7 Å². The molecule has 1 aliphatic rings. The van der Waals surface area contributed by atoms with Crippen molar-refractivity contribution in [1.82, 2.24) is 9.55 Å². The molecular weight excluding hydrogens is 406 g/mol. The van der Waals surface area contributed by atoms with Crippen LogP contribution in [0, 0.1) is 0 Å². The number of aromatic nitrogens is 2. The van der Waals surface area contributed by atoms with Crippen LogP contribution in [0.4, 0.5) is 5.82 Å². The summed E-state index contributed by atoms with van der Waals surface area (Å²) < 4.78 is 10.5. The summed E-state index contributed by atoms with van der Waals surface area (Å²) in [5, 5.41) is 82.2. The van der Waals surface area contributed by atoms with Gasteiger partial charge in [-0.15, -0.1) is 0 Å². The molecule has 3 atom stereocenters. The summed E-state index contributed by atoms with van der Waals surface area (Å²) in [5.41, 5.74) is -3.70. The van der Waals surface area contributed by atoms with Gasteiger partial charge in [-0.2, -0.15) is 4.98 Å². The molecule has 164 valence electrons. The van der Waals surface area contributed by atoms with Crippen molar-refractivity contribution < 1.29 is 60.3 Å². The number of nitrogens with zero attached hydrogens (tertiary/aromatic N) is 2. The Bertz CT molecular complexity index is 784. The van der Waals surface area contributed by atoms with Gasteiger partial charge in [-0.25, -0.2) is 9.59 Å². The predicted molar refractivity (Wildman–Crippen MR) is 82.9 cm³/mol. The van der Waals surface area contributed by atoms with Gasteiger partial charge >= 0.3 is 29.2 Å². The molecule has 29 heavy (non-hydrogen) atoms. The third kappa shape index (κ3) is 4.36. The molecule has 16 heteroatoms. The van der Waals surface area contributed by atoms with E-state index in [9.17, 15) is 19.8 Å². The predicted octanol–water partition coefficient (Wildman–Crippen LogP) is -5.42. The van der Waals surface area contributed by atoms with E-state index >= 15 is 0 Å². The summed E-state index contributed by atoms with van der Waals surface area (Å²) in [5.74, 6) is -11.8. The number of nitrogens with one attached hydrogen (secondary N) is 1. The van der Waals surface area contributed by atoms with E-state index in [1.165, 1.54) is 12.3 Å². The number of esters is 1. The lowest BCUT2D eigenvalue weighted by atomic mass is 9.98. The molecule has 16 nitrogen and oxygen atoms in total. The van der Waals surface area contributed by atoms with E-state index < -0.39 is 47.8 Å². The highest BCUT2D eigenvalue weighted by Crippen LogP contribution is 2.32. The number of anilines is 1. The highest BCUT2D eigenvalue weighted by atomic mass is 16.8. The molecule has 1 aromatic heterocycles. The lowest BCUT2D eigenvalue weighted by Crippen LogP contribution is -2.73. The molecule has 1 aromatic rings. The Kier molecular flexibility index (Phi) is 6.26. The Balaban J connectivity index is 2.11. The van der Waals surface area contributed by atoms with E-state index in [1.807, 2.05) is 0 Å². The van der Waals surface area contributed by atoms with Crippen LogP contribution in [0.25, 0.3) is 0 Å². The van der Waals surface area contributed by atoms with E-state index in [2.05, 4.69) is 9.72 Å². The molecule has 0 bridgehead atoms. The van der Waals surface area contributed by atoms with Crippen molar-refractivity contribution in [1.29, 1.82) is 0 Å². The van der Waals surface area contributed by atoms with Crippen LogP contribution in [-0.2, 0) is 14.3 Å². The Morgan fingerprint density at radius 2 is 1.79 bits per heavy atom. The van der Waals surface area contributed by atoms with Gasteiger partial charge in [0, 0.05) is 6.20 Å². The van der Waals surface area contributed by atoms with Gasteiger partial charge in [0.05, 0.1) is 0 Å². The molecule has 0 radical (unpaired) electrons. The fourth-order valence-electron chi connectivity index (χ4n) is 2.52. The van der Waals surface area contributed by atoms with Gasteiger partial charge in [-0.1, -0.05) is 0 Å². The van der Waals surface area contributed by atoms with Crippen LogP contribution >= 0.6 is 0 Å². The molecule has 3 unspecified atom stereocenters. The monoisotopic (exact) mass is 425 g/mol. The van der Waals surface area contributed by atoms with Crippen molar-refractivity contribution in [3.05, 3.63) is 22.7 Å². The third-order valence-electron chi connectivity index (χ3n) is 4.10. The number of rotatable bonds is 7. The zero-order valence-corrected chi connectivity index (χ0v) is 14.4. The van der Waals surface area contributed by atoms with Gasteiger partial charge < -0.3 is 50.3 Å². The van der Waals surface area contributed by atoms with Crippen molar-refractivity contribution in [3.63, 3.8) is 0 Å². The summed E-state index contributed by atoms with van der Waals surface area (Å²) in [6, 6.07) is 1.22. The molecule has 0 aliphatic carbocycles. The number of carbonyl (C=O) groups excluding carboxylic acids is 1. The number of ether oxygens (including phenoxy) is 2. The van der Waals surface area contributed by atoms with Crippen molar-refractivity contribution in [2.75, 3.05) is 5.48 Å². The summed E-state index contributed by atoms with van der Waals surface area (Å²) in [6.45, 7) is 0. The van der Waals surface area contributed by atoms with E-state index in [1.54, 1.807) is 5.48 Å².